The topological polar surface area (TPSA) is 70.1 Å². The van der Waals surface area contributed by atoms with Gasteiger partial charge in [0.25, 0.3) is 5.91 Å². The molecule has 2 saturated heterocycles. The van der Waals surface area contributed by atoms with E-state index in [0.717, 1.165) is 24.3 Å². The van der Waals surface area contributed by atoms with Crippen molar-refractivity contribution < 1.29 is 19.4 Å². The molecule has 2 fully saturated rings. The summed E-state index contributed by atoms with van der Waals surface area (Å²) in [4.78, 5) is 28.8. The maximum Gasteiger partial charge on any atom is 0.326 e. The van der Waals surface area contributed by atoms with Crippen molar-refractivity contribution >= 4 is 29.2 Å². The zero-order valence-corrected chi connectivity index (χ0v) is 16.7. The largest absolute Gasteiger partial charge is 0.480 e. The number of hydrogen-bond donors (Lipinski definition) is 1. The van der Waals surface area contributed by atoms with Crippen molar-refractivity contribution in [1.29, 1.82) is 0 Å². The Morgan fingerprint density at radius 3 is 2.34 bits per heavy atom. The predicted molar refractivity (Wildman–Crippen MR) is 110 cm³/mol. The van der Waals surface area contributed by atoms with Crippen LogP contribution in [0.15, 0.2) is 48.5 Å². The molecule has 2 aromatic rings. The fourth-order valence-corrected chi connectivity index (χ4v) is 4.43. The molecule has 29 heavy (non-hydrogen) atoms. The Balaban J connectivity index is 1.61. The third-order valence-electron chi connectivity index (χ3n) is 5.66. The molecule has 2 aliphatic rings. The number of aliphatic carboxylic acids is 1. The molecule has 2 aromatic carbocycles. The number of carboxylic acid groups (broad SMARTS) is 1. The Hall–Kier alpha value is -2.57. The van der Waals surface area contributed by atoms with Crippen molar-refractivity contribution in [2.24, 2.45) is 0 Å². The molecule has 152 valence electrons. The van der Waals surface area contributed by atoms with Crippen molar-refractivity contribution in [3.8, 4) is 0 Å². The fourth-order valence-electron chi connectivity index (χ4n) is 4.17. The van der Waals surface area contributed by atoms with E-state index < -0.39 is 12.0 Å². The third kappa shape index (κ3) is 3.95. The van der Waals surface area contributed by atoms with E-state index in [1.807, 2.05) is 30.3 Å². The lowest BCUT2D eigenvalue weighted by atomic mass is 10.0. The van der Waals surface area contributed by atoms with Crippen LogP contribution in [0.1, 0.15) is 34.8 Å². The number of carbonyl (C=O) groups excluding carboxylic acids is 1. The molecule has 0 radical (unpaired) electrons. The minimum Gasteiger partial charge on any atom is -0.480 e. The number of hydrogen-bond acceptors (Lipinski definition) is 4. The van der Waals surface area contributed by atoms with E-state index in [4.69, 9.17) is 16.3 Å². The van der Waals surface area contributed by atoms with Crippen molar-refractivity contribution in [3.63, 3.8) is 0 Å². The average molecular weight is 415 g/mol. The Bertz CT molecular complexity index is 896. The molecule has 2 heterocycles. The molecule has 7 heteroatoms. The molecule has 0 spiro atoms. The van der Waals surface area contributed by atoms with E-state index in [1.165, 1.54) is 4.90 Å². The molecule has 0 bridgehead atoms. The van der Waals surface area contributed by atoms with Crippen LogP contribution in [0.2, 0.25) is 5.02 Å². The number of amides is 1. The Labute approximate surface area is 174 Å². The summed E-state index contributed by atoms with van der Waals surface area (Å²) in [5, 5.41) is 10.2. The summed E-state index contributed by atoms with van der Waals surface area (Å²) < 4.78 is 5.38. The number of benzene rings is 2. The second-order valence-corrected chi connectivity index (χ2v) is 7.73. The van der Waals surface area contributed by atoms with E-state index in [9.17, 15) is 14.7 Å². The van der Waals surface area contributed by atoms with Crippen molar-refractivity contribution in [2.45, 2.75) is 24.9 Å². The van der Waals surface area contributed by atoms with Crippen LogP contribution in [0, 0.1) is 0 Å². The van der Waals surface area contributed by atoms with Gasteiger partial charge in [0.15, 0.2) is 0 Å². The number of ether oxygens (including phenoxy) is 1. The minimum absolute atomic E-state index is 0.284. The minimum atomic E-state index is -0.988. The first kappa shape index (κ1) is 19.7. The van der Waals surface area contributed by atoms with E-state index in [1.54, 1.807) is 18.2 Å². The first-order valence-electron chi connectivity index (χ1n) is 9.79. The number of rotatable bonds is 4. The summed E-state index contributed by atoms with van der Waals surface area (Å²) in [5.41, 5.74) is 2.30. The summed E-state index contributed by atoms with van der Waals surface area (Å²) >= 11 is 6.35. The number of morpholine rings is 1. The zero-order chi connectivity index (χ0) is 20.4. The summed E-state index contributed by atoms with van der Waals surface area (Å²) in [6.07, 6.45) is 0.973. The van der Waals surface area contributed by atoms with Crippen LogP contribution in [-0.2, 0) is 9.53 Å². The summed E-state index contributed by atoms with van der Waals surface area (Å²) in [5.74, 6) is -1.27. The molecule has 1 amide bonds. The number of halogens is 1. The van der Waals surface area contributed by atoms with Gasteiger partial charge in [-0.15, -0.1) is 0 Å². The van der Waals surface area contributed by atoms with Gasteiger partial charge in [0.05, 0.1) is 19.3 Å². The molecule has 0 aliphatic carbocycles. The maximum absolute atomic E-state index is 13.3. The molecule has 2 aliphatic heterocycles. The van der Waals surface area contributed by atoms with Crippen LogP contribution in [0.3, 0.4) is 0 Å². The lowest BCUT2D eigenvalue weighted by Gasteiger charge is -2.30. The second-order valence-electron chi connectivity index (χ2n) is 7.33. The highest BCUT2D eigenvalue weighted by atomic mass is 35.5. The first-order valence-corrected chi connectivity index (χ1v) is 10.2. The molecular weight excluding hydrogens is 392 g/mol. The van der Waals surface area contributed by atoms with E-state index in [-0.39, 0.29) is 11.9 Å². The summed E-state index contributed by atoms with van der Waals surface area (Å²) in [7, 11) is 0. The highest BCUT2D eigenvalue weighted by Gasteiger charge is 2.42. The van der Waals surface area contributed by atoms with Gasteiger partial charge >= 0.3 is 5.97 Å². The lowest BCUT2D eigenvalue weighted by Crippen LogP contribution is -2.42. The Kier molecular flexibility index (Phi) is 5.74. The van der Waals surface area contributed by atoms with Crippen LogP contribution in [0.4, 0.5) is 5.69 Å². The standard InChI is InChI=1S/C22H23ClN2O4/c23-18-4-2-1-3-17(18)19-9-10-20(22(27)28)25(19)21(26)15-5-7-16(8-6-15)24-11-13-29-14-12-24/h1-8,19-20H,9-14H2,(H,27,28)/t19-,20+/m1/s1. The molecule has 0 saturated carbocycles. The number of anilines is 1. The Morgan fingerprint density at radius 1 is 1.00 bits per heavy atom. The van der Waals surface area contributed by atoms with Crippen molar-refractivity contribution in [3.05, 3.63) is 64.7 Å². The Morgan fingerprint density at radius 2 is 1.69 bits per heavy atom. The van der Waals surface area contributed by atoms with Crippen LogP contribution >= 0.6 is 11.6 Å². The zero-order valence-electron chi connectivity index (χ0n) is 16.0. The van der Waals surface area contributed by atoms with Gasteiger partial charge in [-0.1, -0.05) is 29.8 Å². The van der Waals surface area contributed by atoms with Gasteiger partial charge in [-0.05, 0) is 48.7 Å². The van der Waals surface area contributed by atoms with E-state index in [0.29, 0.717) is 36.6 Å². The van der Waals surface area contributed by atoms with E-state index >= 15 is 0 Å². The SMILES string of the molecule is O=C(O)[C@@H]1CC[C@H](c2ccccc2Cl)N1C(=O)c1ccc(N2CCOCC2)cc1. The number of likely N-dealkylation sites (tertiary alicyclic amines) is 1. The van der Waals surface area contributed by atoms with Crippen LogP contribution < -0.4 is 4.90 Å². The van der Waals surface area contributed by atoms with Gasteiger partial charge in [-0.2, -0.15) is 0 Å². The van der Waals surface area contributed by atoms with Gasteiger partial charge in [-0.3, -0.25) is 4.79 Å². The van der Waals surface area contributed by atoms with Gasteiger partial charge in [-0.25, -0.2) is 4.79 Å². The highest BCUT2D eigenvalue weighted by molar-refractivity contribution is 6.31. The van der Waals surface area contributed by atoms with Gasteiger partial charge in [0.1, 0.15) is 6.04 Å². The molecule has 4 rings (SSSR count). The lowest BCUT2D eigenvalue weighted by molar-refractivity contribution is -0.141. The summed E-state index contributed by atoms with van der Waals surface area (Å²) in [6, 6.07) is 13.5. The third-order valence-corrected chi connectivity index (χ3v) is 6.00. The average Bonchev–Trinajstić information content (AvgIpc) is 3.19. The first-order chi connectivity index (χ1) is 14.1. The predicted octanol–water partition coefficient (Wildman–Crippen LogP) is 3.61. The van der Waals surface area contributed by atoms with Crippen LogP contribution in [-0.4, -0.2) is 54.2 Å². The summed E-state index contributed by atoms with van der Waals surface area (Å²) in [6.45, 7) is 3.01. The number of nitrogens with zero attached hydrogens (tertiary/aromatic N) is 2. The number of carboxylic acids is 1. The maximum atomic E-state index is 13.3. The van der Waals surface area contributed by atoms with Gasteiger partial charge < -0.3 is 19.6 Å². The molecule has 0 aromatic heterocycles. The molecule has 6 nitrogen and oxygen atoms in total. The smallest absolute Gasteiger partial charge is 0.326 e. The normalized spacial score (nSPS) is 22.0. The van der Waals surface area contributed by atoms with Crippen LogP contribution in [0.25, 0.3) is 0 Å². The van der Waals surface area contributed by atoms with Gasteiger partial charge in [0.2, 0.25) is 0 Å². The van der Waals surface area contributed by atoms with Crippen LogP contribution in [0.5, 0.6) is 0 Å². The van der Waals surface area contributed by atoms with E-state index in [2.05, 4.69) is 4.90 Å². The second kappa shape index (κ2) is 8.43. The van der Waals surface area contributed by atoms with Crippen molar-refractivity contribution in [1.82, 2.24) is 4.90 Å². The fraction of sp³-hybridized carbons (Fsp3) is 0.364. The quantitative estimate of drug-likeness (QED) is 0.827. The molecule has 0 unspecified atom stereocenters. The van der Waals surface area contributed by atoms with Gasteiger partial charge in [0, 0.05) is 29.4 Å². The van der Waals surface area contributed by atoms with Crippen molar-refractivity contribution in [2.75, 3.05) is 31.2 Å². The monoisotopic (exact) mass is 414 g/mol. The highest BCUT2D eigenvalue weighted by Crippen LogP contribution is 2.40. The molecular formula is C22H23ClN2O4. The molecule has 2 atom stereocenters. The number of carbonyl (C=O) groups is 2. The molecule has 1 N–H and O–H groups in total.